The third-order valence-electron chi connectivity index (χ3n) is 10.0. The zero-order chi connectivity index (χ0) is 31.9. The number of anilines is 1. The number of rotatable bonds is 4. The second-order valence-corrected chi connectivity index (χ2v) is 14.9. The molecule has 3 heterocycles. The third kappa shape index (κ3) is 8.72. The van der Waals surface area contributed by atoms with Crippen molar-refractivity contribution in [3.63, 3.8) is 0 Å². The quantitative estimate of drug-likeness (QED) is 0.278. The van der Waals surface area contributed by atoms with Crippen LogP contribution >= 0.6 is 11.6 Å². The lowest BCUT2D eigenvalue weighted by Gasteiger charge is -2.44. The zero-order valence-corrected chi connectivity index (χ0v) is 28.7. The summed E-state index contributed by atoms with van der Waals surface area (Å²) in [5.74, 6) is 1.51. The molecular formula is C36H48ClN4O4S-. The number of carbonyl (C=O) groups is 1. The summed E-state index contributed by atoms with van der Waals surface area (Å²) in [6.45, 7) is 8.13. The molecule has 2 bridgehead atoms. The molecule has 0 aromatic heterocycles. The summed E-state index contributed by atoms with van der Waals surface area (Å²) in [4.78, 5) is 20.5. The van der Waals surface area contributed by atoms with E-state index in [1.54, 1.807) is 6.07 Å². The number of nitrogens with zero attached hydrogens (tertiary/aromatic N) is 4. The van der Waals surface area contributed by atoms with Gasteiger partial charge in [0.15, 0.2) is 0 Å². The predicted molar refractivity (Wildman–Crippen MR) is 185 cm³/mol. The van der Waals surface area contributed by atoms with Gasteiger partial charge in [0.25, 0.3) is 5.91 Å². The molecule has 2 aromatic rings. The highest BCUT2D eigenvalue weighted by Gasteiger charge is 2.38. The van der Waals surface area contributed by atoms with E-state index in [2.05, 4.69) is 50.4 Å². The maximum absolute atomic E-state index is 13.2. The van der Waals surface area contributed by atoms with E-state index < -0.39 is 16.5 Å². The van der Waals surface area contributed by atoms with E-state index in [1.807, 2.05) is 18.2 Å². The number of hydrogen-bond acceptors (Lipinski definition) is 8. The van der Waals surface area contributed by atoms with E-state index >= 15 is 0 Å². The van der Waals surface area contributed by atoms with Crippen LogP contribution in [-0.4, -0.2) is 87.1 Å². The van der Waals surface area contributed by atoms with E-state index in [9.17, 15) is 9.00 Å². The highest BCUT2D eigenvalue weighted by atomic mass is 35.5. The number of carbonyl (C=O) groups excluding carboxylic acids is 1. The molecule has 3 aliphatic heterocycles. The number of allylic oxidation sites excluding steroid dienone is 1. The Hall–Kier alpha value is -2.43. The first-order valence-electron chi connectivity index (χ1n) is 17.1. The maximum atomic E-state index is 13.2. The van der Waals surface area contributed by atoms with Gasteiger partial charge in [-0.1, -0.05) is 42.0 Å². The monoisotopic (exact) mass is 667 g/mol. The van der Waals surface area contributed by atoms with E-state index in [4.69, 9.17) is 21.1 Å². The van der Waals surface area contributed by atoms with Crippen LogP contribution < -0.4 is 9.64 Å². The molecule has 2 fully saturated rings. The summed E-state index contributed by atoms with van der Waals surface area (Å²) < 4.78 is 29.9. The molecule has 0 unspecified atom stereocenters. The topological polar surface area (TPSA) is 74.7 Å². The number of piperazine rings is 1. The highest BCUT2D eigenvalue weighted by molar-refractivity contribution is 7.75. The summed E-state index contributed by atoms with van der Waals surface area (Å²) in [6, 6.07) is 11.8. The molecule has 2 aromatic carbocycles. The molecule has 250 valence electrons. The number of amides is 1. The minimum Gasteiger partial charge on any atom is -0.491 e. The predicted octanol–water partition coefficient (Wildman–Crippen LogP) is 6.36. The van der Waals surface area contributed by atoms with Gasteiger partial charge in [-0.3, -0.25) is 9.69 Å². The molecule has 4 aliphatic rings. The molecule has 1 amide bonds. The molecule has 0 radical (unpaired) electrons. The molecule has 0 spiro atoms. The smallest absolute Gasteiger partial charge is 0.254 e. The number of likely N-dealkylation sites (N-methyl/N-ethyl adjacent to an activating group) is 1. The normalized spacial score (nSPS) is 26.4. The Morgan fingerprint density at radius 2 is 1.91 bits per heavy atom. The molecule has 10 heteroatoms. The Bertz CT molecular complexity index is 1470. The Balaban J connectivity index is 1.31. The van der Waals surface area contributed by atoms with Crippen molar-refractivity contribution < 1.29 is 18.5 Å². The van der Waals surface area contributed by atoms with Gasteiger partial charge in [-0.2, -0.15) is 10.6 Å². The van der Waals surface area contributed by atoms with Gasteiger partial charge >= 0.3 is 0 Å². The van der Waals surface area contributed by atoms with Crippen molar-refractivity contribution >= 4 is 33.8 Å². The summed E-state index contributed by atoms with van der Waals surface area (Å²) >= 11 is 6.47. The van der Waals surface area contributed by atoms with Crippen molar-refractivity contribution in [3.05, 3.63) is 70.3 Å². The standard InChI is InChI=1S/C36H48ClN4O4S/c1-39-15-17-40(18-16-39)19-21-45-34-8-3-2-6-22-46(43)38-36(42)28-11-14-35-33(24-28)41(26-30-10-13-32(30)34)25-29-9-12-31(37)23-27(29)7-4-5-20-44-35/h3,8-9,11-12,14,23-24,30,32,34H,2,4-7,10,13,15-22,25-26H2,1H3/q-1/b8-3+/t30-,32+,34-/m0/s1. The molecular weight excluding hydrogens is 620 g/mol. The van der Waals surface area contributed by atoms with Crippen LogP contribution in [-0.2, 0) is 32.5 Å². The molecule has 8 nitrogen and oxygen atoms in total. The molecule has 3 atom stereocenters. The van der Waals surface area contributed by atoms with Gasteiger partial charge in [0.1, 0.15) is 5.75 Å². The lowest BCUT2D eigenvalue weighted by atomic mass is 9.70. The van der Waals surface area contributed by atoms with E-state index in [1.165, 1.54) is 11.1 Å². The van der Waals surface area contributed by atoms with Crippen LogP contribution in [0.5, 0.6) is 5.75 Å². The van der Waals surface area contributed by atoms with Gasteiger partial charge in [0.2, 0.25) is 0 Å². The van der Waals surface area contributed by atoms with Crippen LogP contribution in [0.25, 0.3) is 0 Å². The van der Waals surface area contributed by atoms with E-state index in [0.717, 1.165) is 94.3 Å². The molecule has 0 N–H and O–H groups in total. The number of halogens is 1. The first kappa shape index (κ1) is 33.5. The second kappa shape index (κ2) is 16.1. The molecule has 6 rings (SSSR count). The third-order valence-corrected chi connectivity index (χ3v) is 11.3. The number of fused-ring (bicyclic) bond motifs is 3. The Morgan fingerprint density at radius 3 is 2.74 bits per heavy atom. The Morgan fingerprint density at radius 1 is 1.04 bits per heavy atom. The largest absolute Gasteiger partial charge is 0.491 e. The number of hydrogen-bond donors (Lipinski definition) is 0. The molecule has 1 aliphatic carbocycles. The van der Waals surface area contributed by atoms with Crippen LogP contribution in [0.4, 0.5) is 5.69 Å². The van der Waals surface area contributed by atoms with E-state index in [0.29, 0.717) is 49.3 Å². The fraction of sp³-hybridized carbons (Fsp3) is 0.583. The number of ether oxygens (including phenoxy) is 2. The average Bonchev–Trinajstić information content (AvgIpc) is 3.06. The van der Waals surface area contributed by atoms with Gasteiger partial charge in [0.05, 0.1) is 25.0 Å². The first-order chi connectivity index (χ1) is 22.4. The second-order valence-electron chi connectivity index (χ2n) is 13.3. The number of aryl methyl sites for hydroxylation is 1. The number of benzene rings is 2. The fourth-order valence-corrected chi connectivity index (χ4v) is 8.04. The zero-order valence-electron chi connectivity index (χ0n) is 27.1. The van der Waals surface area contributed by atoms with Crippen LogP contribution in [0.1, 0.15) is 60.0 Å². The van der Waals surface area contributed by atoms with Crippen LogP contribution in [0.15, 0.2) is 52.9 Å². The Labute approximate surface area is 281 Å². The van der Waals surface area contributed by atoms with Crippen LogP contribution in [0, 0.1) is 11.8 Å². The van der Waals surface area contributed by atoms with Crippen molar-refractivity contribution in [1.29, 1.82) is 0 Å². The summed E-state index contributed by atoms with van der Waals surface area (Å²) in [5.41, 5.74) is 3.83. The van der Waals surface area contributed by atoms with Gasteiger partial charge < -0.3 is 27.8 Å². The van der Waals surface area contributed by atoms with Crippen molar-refractivity contribution in [2.24, 2.45) is 16.2 Å². The molecule has 1 saturated heterocycles. The molecule has 1 saturated carbocycles. The minimum atomic E-state index is -1.58. The summed E-state index contributed by atoms with van der Waals surface area (Å²) in [5, 5.41) is 0.753. The van der Waals surface area contributed by atoms with E-state index in [-0.39, 0.29) is 6.10 Å². The van der Waals surface area contributed by atoms with Gasteiger partial charge in [-0.05, 0) is 98.9 Å². The maximum Gasteiger partial charge on any atom is 0.254 e. The summed E-state index contributed by atoms with van der Waals surface area (Å²) in [6.07, 6.45) is 11.1. The average molecular weight is 668 g/mol. The fourth-order valence-electron chi connectivity index (χ4n) is 7.05. The van der Waals surface area contributed by atoms with Crippen molar-refractivity contribution in [1.82, 2.24) is 9.80 Å². The Kier molecular flexibility index (Phi) is 11.7. The lowest BCUT2D eigenvalue weighted by molar-refractivity contribution is -0.0234. The van der Waals surface area contributed by atoms with Gasteiger partial charge in [-0.15, -0.1) is 0 Å². The van der Waals surface area contributed by atoms with Crippen molar-refractivity contribution in [2.75, 3.05) is 70.2 Å². The SMILES string of the molecule is CN1CCN(CCO[C@H]2/C=C/CCC[S-](=O)=NC(=O)c3ccc4c(c3)N(Cc3ccc(Cl)cc3CCCCO4)C[C@@H]3CC[C@H]32)CC1. The minimum absolute atomic E-state index is 0.0352. The molecule has 46 heavy (non-hydrogen) atoms. The first-order valence-corrected chi connectivity index (χ1v) is 18.7. The lowest BCUT2D eigenvalue weighted by Crippen LogP contribution is -2.46. The van der Waals surface area contributed by atoms with Crippen LogP contribution in [0.2, 0.25) is 5.02 Å². The summed E-state index contributed by atoms with van der Waals surface area (Å²) in [7, 11) is 0.610. The van der Waals surface area contributed by atoms with Gasteiger partial charge in [0, 0.05) is 56.4 Å². The highest BCUT2D eigenvalue weighted by Crippen LogP contribution is 2.42. The van der Waals surface area contributed by atoms with Gasteiger partial charge in [-0.25, -0.2) is 0 Å². The van der Waals surface area contributed by atoms with Crippen molar-refractivity contribution in [2.45, 2.75) is 57.6 Å². The van der Waals surface area contributed by atoms with Crippen LogP contribution in [0.3, 0.4) is 0 Å². The van der Waals surface area contributed by atoms with Crippen molar-refractivity contribution in [3.8, 4) is 5.75 Å².